The van der Waals surface area contributed by atoms with Crippen LogP contribution in [-0.2, 0) is 13.0 Å². The van der Waals surface area contributed by atoms with Gasteiger partial charge in [-0.2, -0.15) is 0 Å². The first-order valence-corrected chi connectivity index (χ1v) is 11.6. The summed E-state index contributed by atoms with van der Waals surface area (Å²) >= 11 is 0. The first-order chi connectivity index (χ1) is 16.6. The van der Waals surface area contributed by atoms with E-state index in [-0.39, 0.29) is 5.91 Å². The van der Waals surface area contributed by atoms with Gasteiger partial charge in [0.15, 0.2) is 0 Å². The van der Waals surface area contributed by atoms with Crippen LogP contribution < -0.4 is 14.8 Å². The second-order valence-corrected chi connectivity index (χ2v) is 8.27. The van der Waals surface area contributed by atoms with Crippen LogP contribution in [0, 0.1) is 13.8 Å². The lowest BCUT2D eigenvalue weighted by Crippen LogP contribution is -2.25. The van der Waals surface area contributed by atoms with E-state index in [0.717, 1.165) is 35.4 Å². The summed E-state index contributed by atoms with van der Waals surface area (Å²) in [6, 6.07) is 21.5. The number of para-hydroxylation sites is 3. The molecule has 0 aliphatic carbocycles. The fraction of sp³-hybridized carbons (Fsp3) is 0.286. The molecule has 0 bridgehead atoms. The van der Waals surface area contributed by atoms with Gasteiger partial charge in [-0.05, 0) is 61.7 Å². The van der Waals surface area contributed by atoms with Gasteiger partial charge in [-0.1, -0.05) is 36.4 Å². The van der Waals surface area contributed by atoms with E-state index < -0.39 is 0 Å². The smallest absolute Gasteiger partial charge is 0.255 e. The number of carbonyl (C=O) groups is 1. The monoisotopic (exact) mass is 457 g/mol. The predicted octanol–water partition coefficient (Wildman–Crippen LogP) is 5.10. The number of hydrogen-bond acceptors (Lipinski definition) is 4. The van der Waals surface area contributed by atoms with Crippen LogP contribution in [0.15, 0.2) is 66.7 Å². The number of ether oxygens (including phenoxy) is 2. The van der Waals surface area contributed by atoms with Gasteiger partial charge in [0.25, 0.3) is 5.91 Å². The first-order valence-electron chi connectivity index (χ1n) is 11.6. The van der Waals surface area contributed by atoms with Crippen LogP contribution in [0.3, 0.4) is 0 Å². The lowest BCUT2D eigenvalue weighted by Gasteiger charge is -2.13. The van der Waals surface area contributed by atoms with Crippen molar-refractivity contribution in [3.8, 4) is 11.5 Å². The Morgan fingerprint density at radius 2 is 1.74 bits per heavy atom. The zero-order valence-corrected chi connectivity index (χ0v) is 20.0. The van der Waals surface area contributed by atoms with E-state index in [1.165, 1.54) is 11.1 Å². The second-order valence-electron chi connectivity index (χ2n) is 8.27. The molecule has 1 heterocycles. The highest BCUT2D eigenvalue weighted by Crippen LogP contribution is 2.22. The van der Waals surface area contributed by atoms with Crippen LogP contribution in [0.2, 0.25) is 0 Å². The number of hydrogen-bond donors (Lipinski definition) is 1. The van der Waals surface area contributed by atoms with Gasteiger partial charge in [0.2, 0.25) is 0 Å². The van der Waals surface area contributed by atoms with E-state index in [9.17, 15) is 4.79 Å². The molecule has 1 N–H and O–H groups in total. The molecule has 6 nitrogen and oxygen atoms in total. The molecule has 0 radical (unpaired) electrons. The molecule has 3 aromatic carbocycles. The highest BCUT2D eigenvalue weighted by molar-refractivity contribution is 5.96. The van der Waals surface area contributed by atoms with Crippen molar-refractivity contribution in [1.29, 1.82) is 0 Å². The van der Waals surface area contributed by atoms with Gasteiger partial charge >= 0.3 is 0 Å². The summed E-state index contributed by atoms with van der Waals surface area (Å²) in [6.45, 7) is 6.00. The van der Waals surface area contributed by atoms with Crippen LogP contribution in [-0.4, -0.2) is 35.7 Å². The van der Waals surface area contributed by atoms with Crippen LogP contribution in [0.1, 0.15) is 33.7 Å². The summed E-state index contributed by atoms with van der Waals surface area (Å²) in [4.78, 5) is 17.4. The molecule has 4 aromatic rings. The van der Waals surface area contributed by atoms with Gasteiger partial charge in [-0.15, -0.1) is 0 Å². The van der Waals surface area contributed by atoms with Gasteiger partial charge in [0, 0.05) is 13.0 Å². The molecular formula is C28H31N3O3. The number of amides is 1. The summed E-state index contributed by atoms with van der Waals surface area (Å²) < 4.78 is 13.6. The maximum absolute atomic E-state index is 12.5. The third-order valence-electron chi connectivity index (χ3n) is 6.08. The fourth-order valence-corrected chi connectivity index (χ4v) is 4.07. The van der Waals surface area contributed by atoms with Crippen LogP contribution in [0.25, 0.3) is 11.0 Å². The fourth-order valence-electron chi connectivity index (χ4n) is 4.07. The number of benzene rings is 3. The molecule has 176 valence electrons. The molecule has 1 aromatic heterocycles. The summed E-state index contributed by atoms with van der Waals surface area (Å²) in [5, 5.41) is 2.99. The highest BCUT2D eigenvalue weighted by atomic mass is 16.5. The SMILES string of the molecule is COc1ccccc1C(=O)NCCCc1nc2ccccc2n1CCOc1cccc(C)c1C. The average molecular weight is 458 g/mol. The number of carbonyl (C=O) groups excluding carboxylic acids is 1. The minimum atomic E-state index is -0.132. The number of aromatic nitrogens is 2. The molecule has 4 rings (SSSR count). The predicted molar refractivity (Wildman–Crippen MR) is 135 cm³/mol. The third-order valence-corrected chi connectivity index (χ3v) is 6.08. The molecule has 0 aliphatic rings. The van der Waals surface area contributed by atoms with Crippen molar-refractivity contribution in [3.05, 3.63) is 89.2 Å². The number of nitrogens with zero attached hydrogens (tertiary/aromatic N) is 2. The number of aryl methyl sites for hydroxylation is 2. The Morgan fingerprint density at radius 1 is 0.971 bits per heavy atom. The van der Waals surface area contributed by atoms with E-state index in [2.05, 4.69) is 35.9 Å². The molecule has 0 spiro atoms. The zero-order valence-electron chi connectivity index (χ0n) is 20.0. The molecule has 0 aliphatic heterocycles. The van der Waals surface area contributed by atoms with Crippen molar-refractivity contribution in [3.63, 3.8) is 0 Å². The van der Waals surface area contributed by atoms with Crippen molar-refractivity contribution in [2.75, 3.05) is 20.3 Å². The molecule has 0 unspecified atom stereocenters. The Kier molecular flexibility index (Phi) is 7.48. The molecular weight excluding hydrogens is 426 g/mol. The van der Waals surface area contributed by atoms with E-state index in [0.29, 0.717) is 31.0 Å². The minimum absolute atomic E-state index is 0.132. The normalized spacial score (nSPS) is 10.9. The van der Waals surface area contributed by atoms with Crippen LogP contribution >= 0.6 is 0 Å². The Morgan fingerprint density at radius 3 is 2.59 bits per heavy atom. The Balaban J connectivity index is 1.39. The number of rotatable bonds is 10. The standard InChI is InChI=1S/C28H31N3O3/c1-20-10-8-15-25(21(20)2)34-19-18-31-24-13-6-5-12-23(24)30-27(31)16-9-17-29-28(32)22-11-4-7-14-26(22)33-3/h4-8,10-15H,9,16-19H2,1-3H3,(H,29,32). The highest BCUT2D eigenvalue weighted by Gasteiger charge is 2.13. The first kappa shape index (κ1) is 23.4. The van der Waals surface area contributed by atoms with Crippen molar-refractivity contribution < 1.29 is 14.3 Å². The third kappa shape index (κ3) is 5.22. The number of fused-ring (bicyclic) bond motifs is 1. The number of methoxy groups -OCH3 is 1. The van der Waals surface area contributed by atoms with Crippen molar-refractivity contribution in [1.82, 2.24) is 14.9 Å². The van der Waals surface area contributed by atoms with Crippen molar-refractivity contribution in [2.24, 2.45) is 0 Å². The Labute approximate surface area is 200 Å². The van der Waals surface area contributed by atoms with Crippen LogP contribution in [0.5, 0.6) is 11.5 Å². The van der Waals surface area contributed by atoms with Gasteiger partial charge in [-0.3, -0.25) is 4.79 Å². The maximum atomic E-state index is 12.5. The van der Waals surface area contributed by atoms with E-state index in [1.54, 1.807) is 19.2 Å². The number of nitrogens with one attached hydrogen (secondary N) is 1. The van der Waals surface area contributed by atoms with Gasteiger partial charge in [-0.25, -0.2) is 4.98 Å². The van der Waals surface area contributed by atoms with Gasteiger partial charge in [0.05, 0.1) is 30.3 Å². The quantitative estimate of drug-likeness (QED) is 0.336. The zero-order chi connectivity index (χ0) is 23.9. The summed E-state index contributed by atoms with van der Waals surface area (Å²) in [6.07, 6.45) is 1.53. The van der Waals surface area contributed by atoms with E-state index >= 15 is 0 Å². The van der Waals surface area contributed by atoms with Crippen LogP contribution in [0.4, 0.5) is 0 Å². The van der Waals surface area contributed by atoms with Crippen molar-refractivity contribution >= 4 is 16.9 Å². The topological polar surface area (TPSA) is 65.4 Å². The molecule has 0 saturated heterocycles. The lowest BCUT2D eigenvalue weighted by molar-refractivity contribution is 0.0950. The van der Waals surface area contributed by atoms with E-state index in [1.807, 2.05) is 42.5 Å². The molecule has 1 amide bonds. The van der Waals surface area contributed by atoms with Gasteiger partial charge < -0.3 is 19.4 Å². The molecule has 34 heavy (non-hydrogen) atoms. The summed E-state index contributed by atoms with van der Waals surface area (Å²) in [7, 11) is 1.57. The largest absolute Gasteiger partial charge is 0.496 e. The Hall–Kier alpha value is -3.80. The number of imidazole rings is 1. The summed E-state index contributed by atoms with van der Waals surface area (Å²) in [5.41, 5.74) is 5.01. The molecule has 0 saturated carbocycles. The average Bonchev–Trinajstić information content (AvgIpc) is 3.21. The Bertz CT molecular complexity index is 1280. The molecule has 0 fully saturated rings. The minimum Gasteiger partial charge on any atom is -0.496 e. The van der Waals surface area contributed by atoms with Gasteiger partial charge in [0.1, 0.15) is 23.9 Å². The molecule has 0 atom stereocenters. The molecule has 6 heteroatoms. The maximum Gasteiger partial charge on any atom is 0.255 e. The lowest BCUT2D eigenvalue weighted by atomic mass is 10.1. The van der Waals surface area contributed by atoms with Crippen molar-refractivity contribution in [2.45, 2.75) is 33.2 Å². The second kappa shape index (κ2) is 10.9. The summed E-state index contributed by atoms with van der Waals surface area (Å²) in [5.74, 6) is 2.36. The van der Waals surface area contributed by atoms with E-state index in [4.69, 9.17) is 14.5 Å².